The van der Waals surface area contributed by atoms with E-state index in [4.69, 9.17) is 4.74 Å². The van der Waals surface area contributed by atoms with Gasteiger partial charge < -0.3 is 9.84 Å². The Morgan fingerprint density at radius 3 is 2.56 bits per heavy atom. The Balaban J connectivity index is 2.78. The Morgan fingerprint density at radius 2 is 2.06 bits per heavy atom. The minimum atomic E-state index is -1.32. The second-order valence-corrected chi connectivity index (χ2v) is 4.64. The molecule has 1 aromatic rings. The third-order valence-electron chi connectivity index (χ3n) is 1.82. The molecule has 1 rings (SSSR count). The van der Waals surface area contributed by atoms with Gasteiger partial charge in [0.15, 0.2) is 6.10 Å². The number of hydrogen-bond acceptors (Lipinski definition) is 4. The minimum absolute atomic E-state index is 0.314. The van der Waals surface area contributed by atoms with E-state index in [0.717, 1.165) is 5.69 Å². The highest BCUT2D eigenvalue weighted by molar-refractivity contribution is 5.76. The SMILES string of the molecule is Cc1cccc(C(O)C(=O)OC(C)(C)C)n1. The smallest absolute Gasteiger partial charge is 0.341 e. The molecule has 1 heterocycles. The third-order valence-corrected chi connectivity index (χ3v) is 1.82. The number of hydrogen-bond donors (Lipinski definition) is 1. The van der Waals surface area contributed by atoms with Crippen LogP contribution in [0.5, 0.6) is 0 Å². The summed E-state index contributed by atoms with van der Waals surface area (Å²) in [5, 5.41) is 9.74. The fourth-order valence-electron chi connectivity index (χ4n) is 1.19. The van der Waals surface area contributed by atoms with E-state index in [2.05, 4.69) is 4.98 Å². The number of esters is 1. The Kier molecular flexibility index (Phi) is 3.65. The molecule has 1 N–H and O–H groups in total. The van der Waals surface area contributed by atoms with Gasteiger partial charge in [-0.3, -0.25) is 4.98 Å². The Morgan fingerprint density at radius 1 is 1.44 bits per heavy atom. The van der Waals surface area contributed by atoms with Crippen molar-refractivity contribution in [2.24, 2.45) is 0 Å². The van der Waals surface area contributed by atoms with Gasteiger partial charge in [0.2, 0.25) is 0 Å². The van der Waals surface area contributed by atoms with Crippen molar-refractivity contribution in [3.05, 3.63) is 29.6 Å². The van der Waals surface area contributed by atoms with Gasteiger partial charge in [-0.05, 0) is 39.8 Å². The molecule has 4 nitrogen and oxygen atoms in total. The summed E-state index contributed by atoms with van der Waals surface area (Å²) in [5.74, 6) is -0.675. The molecule has 0 saturated heterocycles. The lowest BCUT2D eigenvalue weighted by atomic mass is 10.1. The summed E-state index contributed by atoms with van der Waals surface area (Å²) in [6.45, 7) is 7.05. The molecule has 1 unspecified atom stereocenters. The average molecular weight is 223 g/mol. The summed E-state index contributed by atoms with van der Waals surface area (Å²) < 4.78 is 5.06. The van der Waals surface area contributed by atoms with Gasteiger partial charge in [-0.25, -0.2) is 4.79 Å². The lowest BCUT2D eigenvalue weighted by Crippen LogP contribution is -2.28. The van der Waals surface area contributed by atoms with E-state index in [0.29, 0.717) is 5.69 Å². The van der Waals surface area contributed by atoms with Gasteiger partial charge >= 0.3 is 5.97 Å². The molecule has 0 spiro atoms. The molecule has 16 heavy (non-hydrogen) atoms. The molecule has 0 saturated carbocycles. The summed E-state index contributed by atoms with van der Waals surface area (Å²) in [5.41, 5.74) is 0.455. The molecule has 0 radical (unpaired) electrons. The number of carbonyl (C=O) groups excluding carboxylic acids is 1. The standard InChI is InChI=1S/C12H17NO3/c1-8-6-5-7-9(13-8)10(14)11(15)16-12(2,3)4/h5-7,10,14H,1-4H3. The largest absolute Gasteiger partial charge is 0.458 e. The highest BCUT2D eigenvalue weighted by Crippen LogP contribution is 2.16. The predicted octanol–water partition coefficient (Wildman–Crippen LogP) is 1.77. The lowest BCUT2D eigenvalue weighted by Gasteiger charge is -2.21. The maximum absolute atomic E-state index is 11.6. The van der Waals surface area contributed by atoms with Crippen molar-refractivity contribution in [3.8, 4) is 0 Å². The van der Waals surface area contributed by atoms with Crippen LogP contribution in [-0.4, -0.2) is 21.7 Å². The van der Waals surface area contributed by atoms with Gasteiger partial charge in [0.25, 0.3) is 0 Å². The van der Waals surface area contributed by atoms with Crippen LogP contribution in [0, 0.1) is 6.92 Å². The number of rotatable bonds is 2. The highest BCUT2D eigenvalue weighted by Gasteiger charge is 2.25. The molecule has 1 atom stereocenters. The third kappa shape index (κ3) is 3.62. The topological polar surface area (TPSA) is 59.4 Å². The van der Waals surface area contributed by atoms with E-state index < -0.39 is 17.7 Å². The van der Waals surface area contributed by atoms with Crippen LogP contribution in [0.3, 0.4) is 0 Å². The van der Waals surface area contributed by atoms with Crippen LogP contribution in [-0.2, 0) is 9.53 Å². The fraction of sp³-hybridized carbons (Fsp3) is 0.500. The zero-order valence-electron chi connectivity index (χ0n) is 10.0. The van der Waals surface area contributed by atoms with Gasteiger partial charge in [-0.15, -0.1) is 0 Å². The number of aryl methyl sites for hydroxylation is 1. The molecule has 4 heteroatoms. The summed E-state index contributed by atoms with van der Waals surface area (Å²) in [6.07, 6.45) is -1.32. The van der Waals surface area contributed by atoms with E-state index in [1.807, 2.05) is 0 Å². The van der Waals surface area contributed by atoms with Crippen molar-refractivity contribution >= 4 is 5.97 Å². The number of aliphatic hydroxyl groups excluding tert-OH is 1. The molecule has 0 aromatic carbocycles. The Bertz CT molecular complexity index is 382. The van der Waals surface area contributed by atoms with Crippen LogP contribution >= 0.6 is 0 Å². The molecule has 0 aliphatic rings. The van der Waals surface area contributed by atoms with Crippen molar-refractivity contribution < 1.29 is 14.6 Å². The molecular formula is C12H17NO3. The van der Waals surface area contributed by atoms with Crippen molar-refractivity contribution in [3.63, 3.8) is 0 Å². The van der Waals surface area contributed by atoms with E-state index in [9.17, 15) is 9.90 Å². The van der Waals surface area contributed by atoms with Crippen molar-refractivity contribution in [1.29, 1.82) is 0 Å². The second-order valence-electron chi connectivity index (χ2n) is 4.64. The van der Waals surface area contributed by atoms with Gasteiger partial charge in [0, 0.05) is 5.69 Å². The van der Waals surface area contributed by atoms with Gasteiger partial charge in [0.05, 0.1) is 5.69 Å². The molecule has 1 aromatic heterocycles. The molecule has 88 valence electrons. The Hall–Kier alpha value is -1.42. The normalized spacial score (nSPS) is 13.3. The maximum Gasteiger partial charge on any atom is 0.341 e. The number of pyridine rings is 1. The zero-order valence-corrected chi connectivity index (χ0v) is 10.0. The molecular weight excluding hydrogens is 206 g/mol. The number of nitrogens with zero attached hydrogens (tertiary/aromatic N) is 1. The number of aliphatic hydroxyl groups is 1. The number of ether oxygens (including phenoxy) is 1. The summed E-state index contributed by atoms with van der Waals surface area (Å²) >= 11 is 0. The monoisotopic (exact) mass is 223 g/mol. The van der Waals surface area contributed by atoms with Crippen LogP contribution in [0.1, 0.15) is 38.3 Å². The van der Waals surface area contributed by atoms with E-state index in [-0.39, 0.29) is 0 Å². The fourth-order valence-corrected chi connectivity index (χ4v) is 1.19. The van der Waals surface area contributed by atoms with Gasteiger partial charge in [-0.1, -0.05) is 6.07 Å². The lowest BCUT2D eigenvalue weighted by molar-refractivity contribution is -0.165. The minimum Gasteiger partial charge on any atom is -0.458 e. The van der Waals surface area contributed by atoms with Gasteiger partial charge in [-0.2, -0.15) is 0 Å². The molecule has 0 aliphatic carbocycles. The predicted molar refractivity (Wildman–Crippen MR) is 59.8 cm³/mol. The van der Waals surface area contributed by atoms with Crippen LogP contribution < -0.4 is 0 Å². The molecule has 0 bridgehead atoms. The van der Waals surface area contributed by atoms with Crippen LogP contribution in [0.4, 0.5) is 0 Å². The van der Waals surface area contributed by atoms with Crippen LogP contribution in [0.2, 0.25) is 0 Å². The first-order valence-corrected chi connectivity index (χ1v) is 5.14. The summed E-state index contributed by atoms with van der Waals surface area (Å²) in [4.78, 5) is 15.6. The average Bonchev–Trinajstić information content (AvgIpc) is 2.14. The first-order valence-electron chi connectivity index (χ1n) is 5.14. The van der Waals surface area contributed by atoms with Crippen molar-refractivity contribution in [2.45, 2.75) is 39.4 Å². The Labute approximate surface area is 95.3 Å². The first kappa shape index (κ1) is 12.6. The zero-order chi connectivity index (χ0) is 12.3. The molecule has 0 fully saturated rings. The van der Waals surface area contributed by atoms with Crippen LogP contribution in [0.25, 0.3) is 0 Å². The quantitative estimate of drug-likeness (QED) is 0.776. The summed E-state index contributed by atoms with van der Waals surface area (Å²) in [6, 6.07) is 5.14. The highest BCUT2D eigenvalue weighted by atomic mass is 16.6. The second kappa shape index (κ2) is 4.61. The first-order chi connectivity index (χ1) is 7.29. The van der Waals surface area contributed by atoms with E-state index in [1.165, 1.54) is 0 Å². The van der Waals surface area contributed by atoms with Crippen molar-refractivity contribution in [2.75, 3.05) is 0 Å². The number of aromatic nitrogens is 1. The van der Waals surface area contributed by atoms with Crippen LogP contribution in [0.15, 0.2) is 18.2 Å². The van der Waals surface area contributed by atoms with Gasteiger partial charge in [0.1, 0.15) is 5.60 Å². The number of carbonyl (C=O) groups is 1. The van der Waals surface area contributed by atoms with Crippen molar-refractivity contribution in [1.82, 2.24) is 4.98 Å². The maximum atomic E-state index is 11.6. The molecule has 0 aliphatic heterocycles. The van der Waals surface area contributed by atoms with E-state index >= 15 is 0 Å². The summed E-state index contributed by atoms with van der Waals surface area (Å²) in [7, 11) is 0. The van der Waals surface area contributed by atoms with E-state index in [1.54, 1.807) is 45.9 Å². The molecule has 0 amide bonds.